The van der Waals surface area contributed by atoms with Crippen molar-refractivity contribution in [3.8, 4) is 0 Å². The number of sulfonamides is 2. The molecule has 0 atom stereocenters. The largest absolute Gasteiger partial charge is 0.390 e. The first-order valence-electron chi connectivity index (χ1n) is 13.5. The molecule has 4 aromatic rings. The van der Waals surface area contributed by atoms with Gasteiger partial charge in [-0.3, -0.25) is 9.36 Å². The number of aliphatic hydroxyl groups excluding tert-OH is 2. The van der Waals surface area contributed by atoms with Gasteiger partial charge < -0.3 is 10.2 Å². The highest BCUT2D eigenvalue weighted by Gasteiger charge is 2.30. The van der Waals surface area contributed by atoms with Crippen LogP contribution >= 0.6 is 0 Å². The van der Waals surface area contributed by atoms with Crippen LogP contribution in [0.5, 0.6) is 0 Å². The van der Waals surface area contributed by atoms with Crippen molar-refractivity contribution in [3.63, 3.8) is 0 Å². The number of rotatable bonds is 6. The van der Waals surface area contributed by atoms with Gasteiger partial charge in [0.2, 0.25) is 20.0 Å². The van der Waals surface area contributed by atoms with E-state index in [9.17, 15) is 16.8 Å². The van der Waals surface area contributed by atoms with Crippen LogP contribution in [0.4, 0.5) is 0 Å². The highest BCUT2D eigenvalue weighted by atomic mass is 32.2. The molecule has 2 N–H and O–H groups in total. The molecule has 0 bridgehead atoms. The molecule has 0 saturated heterocycles. The number of aliphatic hydroxyl groups is 2. The summed E-state index contributed by atoms with van der Waals surface area (Å²) in [4.78, 5) is 0.617. The summed E-state index contributed by atoms with van der Waals surface area (Å²) in [6.07, 6.45) is 0. The zero-order valence-electron chi connectivity index (χ0n) is 23.5. The maximum absolute atomic E-state index is 12.6. The van der Waals surface area contributed by atoms with E-state index in [0.29, 0.717) is 47.4 Å². The summed E-state index contributed by atoms with van der Waals surface area (Å²) in [6, 6.07) is 17.2. The van der Waals surface area contributed by atoms with Crippen molar-refractivity contribution >= 4 is 20.0 Å². The van der Waals surface area contributed by atoms with Crippen LogP contribution < -0.4 is 0 Å². The van der Waals surface area contributed by atoms with Gasteiger partial charge in [-0.15, -0.1) is 0 Å². The number of aromatic nitrogens is 4. The summed E-state index contributed by atoms with van der Waals surface area (Å²) in [5, 5.41) is 26.6. The molecule has 2 aliphatic heterocycles. The Bertz CT molecular complexity index is 1630. The van der Waals surface area contributed by atoms with Crippen molar-refractivity contribution in [3.05, 3.63) is 94.6 Å². The highest BCUT2D eigenvalue weighted by Crippen LogP contribution is 2.24. The van der Waals surface area contributed by atoms with Crippen LogP contribution in [0.2, 0.25) is 0 Å². The Kier molecular flexibility index (Phi) is 8.64. The third-order valence-electron chi connectivity index (χ3n) is 7.27. The summed E-state index contributed by atoms with van der Waals surface area (Å²) < 4.78 is 56.9. The van der Waals surface area contributed by atoms with E-state index < -0.39 is 20.0 Å². The molecule has 224 valence electrons. The molecule has 2 aromatic carbocycles. The normalized spacial score (nSPS) is 15.9. The fraction of sp³-hybridized carbons (Fsp3) is 0.357. The SMILES string of the molecule is Cc1ccc(S(=O)(=O)N2CCn3nc(CO)cc3C2)cc1.Cc1ccc(S(=O)(=O)N2CCn3nc(CO)cc3C2)cc1. The predicted molar refractivity (Wildman–Crippen MR) is 154 cm³/mol. The van der Waals surface area contributed by atoms with Crippen molar-refractivity contribution in [2.75, 3.05) is 13.1 Å². The van der Waals surface area contributed by atoms with Crippen LogP contribution in [0.1, 0.15) is 33.9 Å². The van der Waals surface area contributed by atoms with Crippen LogP contribution in [-0.2, 0) is 59.4 Å². The van der Waals surface area contributed by atoms with E-state index >= 15 is 0 Å². The van der Waals surface area contributed by atoms with Crippen LogP contribution in [0.3, 0.4) is 0 Å². The molecule has 0 aliphatic carbocycles. The Balaban J connectivity index is 0.000000168. The first-order valence-corrected chi connectivity index (χ1v) is 16.4. The maximum atomic E-state index is 12.6. The minimum atomic E-state index is -3.49. The minimum absolute atomic E-state index is 0.134. The molecule has 0 fully saturated rings. The predicted octanol–water partition coefficient (Wildman–Crippen LogP) is 1.78. The Morgan fingerprint density at radius 1 is 0.619 bits per heavy atom. The lowest BCUT2D eigenvalue weighted by atomic mass is 10.2. The molecule has 2 aromatic heterocycles. The summed E-state index contributed by atoms with van der Waals surface area (Å²) >= 11 is 0. The van der Waals surface area contributed by atoms with Crippen molar-refractivity contribution in [1.29, 1.82) is 0 Å². The highest BCUT2D eigenvalue weighted by molar-refractivity contribution is 7.89. The van der Waals surface area contributed by atoms with E-state index in [4.69, 9.17) is 10.2 Å². The molecule has 0 amide bonds. The molecule has 4 heterocycles. The Labute approximate surface area is 245 Å². The van der Waals surface area contributed by atoms with Gasteiger partial charge in [0.25, 0.3) is 0 Å². The monoisotopic (exact) mass is 614 g/mol. The van der Waals surface area contributed by atoms with Crippen LogP contribution in [0.25, 0.3) is 0 Å². The smallest absolute Gasteiger partial charge is 0.243 e. The summed E-state index contributed by atoms with van der Waals surface area (Å²) in [7, 11) is -6.98. The number of aryl methyl sites for hydroxylation is 2. The molecule has 6 rings (SSSR count). The van der Waals surface area contributed by atoms with E-state index in [1.54, 1.807) is 70.0 Å². The lowest BCUT2D eigenvalue weighted by Crippen LogP contribution is -2.38. The first kappa shape index (κ1) is 30.1. The van der Waals surface area contributed by atoms with Gasteiger partial charge in [-0.05, 0) is 50.2 Å². The van der Waals surface area contributed by atoms with E-state index in [1.165, 1.54) is 8.61 Å². The van der Waals surface area contributed by atoms with Crippen LogP contribution in [0.15, 0.2) is 70.5 Å². The van der Waals surface area contributed by atoms with Crippen molar-refractivity contribution in [1.82, 2.24) is 28.2 Å². The third kappa shape index (κ3) is 6.19. The van der Waals surface area contributed by atoms with Crippen molar-refractivity contribution in [2.45, 2.75) is 63.0 Å². The number of nitrogens with zero attached hydrogens (tertiary/aromatic N) is 6. The van der Waals surface area contributed by atoms with E-state index in [-0.39, 0.29) is 26.3 Å². The Hall–Kier alpha value is -3.40. The quantitative estimate of drug-likeness (QED) is 0.334. The average molecular weight is 615 g/mol. The number of hydrogen-bond donors (Lipinski definition) is 2. The molecule has 0 radical (unpaired) electrons. The molecule has 0 unspecified atom stereocenters. The zero-order chi connectivity index (χ0) is 30.1. The lowest BCUT2D eigenvalue weighted by Gasteiger charge is -2.26. The van der Waals surface area contributed by atoms with E-state index in [1.807, 2.05) is 13.8 Å². The molecule has 14 heteroatoms. The van der Waals surface area contributed by atoms with Gasteiger partial charge in [0.15, 0.2) is 0 Å². The van der Waals surface area contributed by atoms with E-state index in [0.717, 1.165) is 22.5 Å². The van der Waals surface area contributed by atoms with Gasteiger partial charge in [-0.2, -0.15) is 18.8 Å². The maximum Gasteiger partial charge on any atom is 0.243 e. The van der Waals surface area contributed by atoms with Gasteiger partial charge in [0, 0.05) is 13.1 Å². The molecular weight excluding hydrogens is 580 g/mol. The topological polar surface area (TPSA) is 151 Å². The number of fused-ring (bicyclic) bond motifs is 2. The zero-order valence-corrected chi connectivity index (χ0v) is 25.1. The van der Waals surface area contributed by atoms with Crippen molar-refractivity contribution in [2.24, 2.45) is 0 Å². The number of hydrogen-bond acceptors (Lipinski definition) is 8. The van der Waals surface area contributed by atoms with E-state index in [2.05, 4.69) is 10.2 Å². The first-order chi connectivity index (χ1) is 20.0. The third-order valence-corrected chi connectivity index (χ3v) is 11.0. The summed E-state index contributed by atoms with van der Waals surface area (Å²) in [5.41, 5.74) is 4.80. The molecule has 12 nitrogen and oxygen atoms in total. The van der Waals surface area contributed by atoms with Gasteiger partial charge in [-0.25, -0.2) is 16.8 Å². The average Bonchev–Trinajstić information content (AvgIpc) is 3.61. The fourth-order valence-corrected chi connectivity index (χ4v) is 7.69. The second-order valence-electron chi connectivity index (χ2n) is 10.3. The summed E-state index contributed by atoms with van der Waals surface area (Å²) in [5.74, 6) is 0. The Morgan fingerprint density at radius 3 is 1.31 bits per heavy atom. The van der Waals surface area contributed by atoms with Gasteiger partial charge in [0.05, 0.1) is 72.0 Å². The molecule has 0 saturated carbocycles. The number of benzene rings is 2. The molecule has 42 heavy (non-hydrogen) atoms. The van der Waals surface area contributed by atoms with Gasteiger partial charge in [0.1, 0.15) is 0 Å². The van der Waals surface area contributed by atoms with Gasteiger partial charge in [-0.1, -0.05) is 35.4 Å². The summed E-state index contributed by atoms with van der Waals surface area (Å²) in [6.45, 7) is 5.91. The second-order valence-corrected chi connectivity index (χ2v) is 14.2. The van der Waals surface area contributed by atoms with Crippen LogP contribution in [-0.4, -0.2) is 68.3 Å². The van der Waals surface area contributed by atoms with Gasteiger partial charge >= 0.3 is 0 Å². The standard InChI is InChI=1S/2C14H17N3O3S/c2*1-11-2-4-14(5-3-11)21(19,20)16-6-7-17-13(9-16)8-12(10-18)15-17/h2*2-5,8,18H,6-7,9-10H2,1H3. The second kappa shape index (κ2) is 12.1. The molecule has 2 aliphatic rings. The minimum Gasteiger partial charge on any atom is -0.390 e. The molecule has 0 spiro atoms. The Morgan fingerprint density at radius 2 is 0.976 bits per heavy atom. The van der Waals surface area contributed by atoms with Crippen molar-refractivity contribution < 1.29 is 27.0 Å². The fourth-order valence-electron chi connectivity index (χ4n) is 4.89. The lowest BCUT2D eigenvalue weighted by molar-refractivity contribution is 0.273. The molecular formula is C28H34N6O6S2. The van der Waals surface area contributed by atoms with Crippen LogP contribution in [0, 0.1) is 13.8 Å².